The fraction of sp³-hybridized carbons (Fsp3) is 0.315. The average molecular weight is 1010 g/mol. The zero-order valence-electron chi connectivity index (χ0n) is 41.0. The van der Waals surface area contributed by atoms with Crippen molar-refractivity contribution in [2.24, 2.45) is 11.7 Å². The number of rotatable bonds is 25. The van der Waals surface area contributed by atoms with Gasteiger partial charge in [0, 0.05) is 98.4 Å². The van der Waals surface area contributed by atoms with Gasteiger partial charge in [-0.2, -0.15) is 9.97 Å². The lowest BCUT2D eigenvalue weighted by Crippen LogP contribution is -2.32. The molecule has 4 amide bonds. The van der Waals surface area contributed by atoms with Crippen LogP contribution in [0.5, 0.6) is 0 Å². The molecular formula is C54H71N15O5. The summed E-state index contributed by atoms with van der Waals surface area (Å²) in [6.07, 6.45) is 14.6. The molecule has 6 rings (SSSR count). The number of benzene rings is 2. The predicted octanol–water partition coefficient (Wildman–Crippen LogP) is 8.48. The Morgan fingerprint density at radius 1 is 0.581 bits per heavy atom. The fourth-order valence-electron chi connectivity index (χ4n) is 6.50. The lowest BCUT2D eigenvalue weighted by atomic mass is 10.0. The Labute approximate surface area is 434 Å². The van der Waals surface area contributed by atoms with Crippen LogP contribution in [0, 0.1) is 5.92 Å². The first-order valence-corrected chi connectivity index (χ1v) is 23.7. The number of nitrogens with one attached hydrogen (secondary N) is 8. The number of allylic oxidation sites excluding steroid dienone is 1. The summed E-state index contributed by atoms with van der Waals surface area (Å²) in [5, 5.41) is 23.9. The van der Waals surface area contributed by atoms with Gasteiger partial charge in [-0.3, -0.25) is 33.9 Å². The molecule has 0 bridgehead atoms. The van der Waals surface area contributed by atoms with E-state index >= 15 is 0 Å². The molecule has 0 aliphatic rings. The van der Waals surface area contributed by atoms with Crippen molar-refractivity contribution < 1.29 is 24.0 Å². The summed E-state index contributed by atoms with van der Waals surface area (Å²) < 4.78 is 0. The molecule has 2 atom stereocenters. The van der Waals surface area contributed by atoms with Crippen molar-refractivity contribution in [3.8, 4) is 0 Å². The highest BCUT2D eigenvalue weighted by molar-refractivity contribution is 6.08. The molecule has 0 saturated carbocycles. The summed E-state index contributed by atoms with van der Waals surface area (Å²) >= 11 is 0. The number of ketones is 1. The maximum absolute atomic E-state index is 13.1. The minimum Gasteiger partial charge on any atom is -0.369 e. The fourth-order valence-corrected chi connectivity index (χ4v) is 6.50. The topological polar surface area (TPSA) is 285 Å². The van der Waals surface area contributed by atoms with Gasteiger partial charge in [-0.1, -0.05) is 54.3 Å². The lowest BCUT2D eigenvalue weighted by molar-refractivity contribution is -0.123. The molecule has 20 heteroatoms. The van der Waals surface area contributed by atoms with Gasteiger partial charge in [0.1, 0.15) is 22.8 Å². The second kappa shape index (κ2) is 31.6. The number of anilines is 8. The van der Waals surface area contributed by atoms with E-state index in [2.05, 4.69) is 79.0 Å². The molecule has 0 spiro atoms. The number of pyridine rings is 2. The number of nitrogens with zero attached hydrogens (tertiary/aromatic N) is 6. The molecule has 0 saturated heterocycles. The van der Waals surface area contributed by atoms with Crippen molar-refractivity contribution in [3.63, 3.8) is 0 Å². The summed E-state index contributed by atoms with van der Waals surface area (Å²) in [6, 6.07) is 20.8. The van der Waals surface area contributed by atoms with E-state index in [0.29, 0.717) is 83.6 Å². The van der Waals surface area contributed by atoms with E-state index < -0.39 is 12.0 Å². The van der Waals surface area contributed by atoms with Gasteiger partial charge in [0.05, 0.1) is 6.04 Å². The Kier molecular flexibility index (Phi) is 25.5. The van der Waals surface area contributed by atoms with Gasteiger partial charge in [0.15, 0.2) is 5.78 Å². The highest BCUT2D eigenvalue weighted by Gasteiger charge is 2.19. The van der Waals surface area contributed by atoms with E-state index in [-0.39, 0.29) is 50.7 Å². The quantitative estimate of drug-likeness (QED) is 0.0243. The Bertz CT molecular complexity index is 2740. The van der Waals surface area contributed by atoms with Crippen LogP contribution in [0.3, 0.4) is 0 Å². The van der Waals surface area contributed by atoms with Crippen LogP contribution in [-0.4, -0.2) is 91.5 Å². The van der Waals surface area contributed by atoms with Crippen LogP contribution in [0.2, 0.25) is 0 Å². The highest BCUT2D eigenvalue weighted by Crippen LogP contribution is 2.22. The zero-order valence-corrected chi connectivity index (χ0v) is 41.0. The molecule has 2 aromatic carbocycles. The largest absolute Gasteiger partial charge is 0.369 e. The van der Waals surface area contributed by atoms with Crippen molar-refractivity contribution in [2.45, 2.75) is 80.7 Å². The summed E-state index contributed by atoms with van der Waals surface area (Å²) in [5.41, 5.74) is 10.6. The number of hydrogen-bond donors (Lipinski definition) is 9. The van der Waals surface area contributed by atoms with Crippen LogP contribution in [0.1, 0.15) is 93.7 Å². The van der Waals surface area contributed by atoms with E-state index in [1.54, 1.807) is 87.2 Å². The molecule has 0 radical (unpaired) electrons. The maximum Gasteiger partial charge on any atom is 0.260 e. The van der Waals surface area contributed by atoms with E-state index in [0.717, 1.165) is 36.8 Å². The molecule has 10 N–H and O–H groups in total. The normalized spacial score (nSPS) is 11.0. The average Bonchev–Trinajstić information content (AvgIpc) is 3.38. The Balaban J connectivity index is 0.000000382. The third-order valence-electron chi connectivity index (χ3n) is 10.4. The Morgan fingerprint density at radius 2 is 0.986 bits per heavy atom. The summed E-state index contributed by atoms with van der Waals surface area (Å²) in [7, 11) is 0. The third kappa shape index (κ3) is 19.9. The van der Waals surface area contributed by atoms with Crippen LogP contribution in [0.25, 0.3) is 0 Å². The van der Waals surface area contributed by atoms with Gasteiger partial charge in [-0.25, -0.2) is 9.97 Å². The van der Waals surface area contributed by atoms with Crippen LogP contribution < -0.4 is 48.3 Å². The number of hydrogen-bond acceptors (Lipinski definition) is 16. The van der Waals surface area contributed by atoms with Crippen LogP contribution in [0.4, 0.5) is 46.3 Å². The molecule has 0 fully saturated rings. The van der Waals surface area contributed by atoms with Crippen molar-refractivity contribution in [3.05, 3.63) is 145 Å². The first kappa shape index (κ1) is 59.7. The van der Waals surface area contributed by atoms with Crippen molar-refractivity contribution in [1.82, 2.24) is 29.9 Å². The minimum atomic E-state index is -0.639. The van der Waals surface area contributed by atoms with Crippen molar-refractivity contribution in [2.75, 3.05) is 68.7 Å². The lowest BCUT2D eigenvalue weighted by Gasteiger charge is -2.14. The summed E-state index contributed by atoms with van der Waals surface area (Å²) in [5.74, 6) is -0.341. The van der Waals surface area contributed by atoms with E-state index in [1.165, 1.54) is 18.5 Å². The van der Waals surface area contributed by atoms with Gasteiger partial charge in [0.25, 0.3) is 11.8 Å². The molecule has 0 aliphatic carbocycles. The van der Waals surface area contributed by atoms with E-state index in [1.807, 2.05) is 38.1 Å². The number of aromatic nitrogens is 6. The smallest absolute Gasteiger partial charge is 0.260 e. The molecule has 392 valence electrons. The molecule has 6 aromatic rings. The number of nitrogens with two attached hydrogens (primary N) is 1. The van der Waals surface area contributed by atoms with E-state index in [9.17, 15) is 24.0 Å². The molecule has 4 heterocycles. The highest BCUT2D eigenvalue weighted by atomic mass is 16.2. The predicted molar refractivity (Wildman–Crippen MR) is 297 cm³/mol. The van der Waals surface area contributed by atoms with E-state index in [4.69, 9.17) is 5.73 Å². The molecular weight excluding hydrogens is 939 g/mol. The van der Waals surface area contributed by atoms with Crippen LogP contribution in [0.15, 0.2) is 123 Å². The molecule has 20 nitrogen and oxygen atoms in total. The Morgan fingerprint density at radius 3 is 1.38 bits per heavy atom. The van der Waals surface area contributed by atoms with Gasteiger partial charge in [0.2, 0.25) is 23.7 Å². The number of amides is 4. The van der Waals surface area contributed by atoms with Crippen molar-refractivity contribution in [1.29, 1.82) is 0 Å². The minimum absolute atomic E-state index is 0. The van der Waals surface area contributed by atoms with Gasteiger partial charge in [-0.15, -0.1) is 0 Å². The zero-order chi connectivity index (χ0) is 51.7. The van der Waals surface area contributed by atoms with Gasteiger partial charge in [-0.05, 0) is 110 Å². The number of carbonyl (C=O) groups is 5. The SMILES string of the molecule is C.C.C=CC(=O)C[C@@H](C)C(=O)Nc1cccc(NC(=O)c2cnc(NCCc3ccncc3)nc2NCCC)c1.CCCNc1nc(NCCc2ccncc2)ncc1C(=O)Nc1cccc(NC(=O)[C@H](C)N)c1. The standard InChI is InChI=1S/C28H33N7O3.C24H30N8O2.2CH4/c1-4-12-30-25-24(18-32-28(35-25)31-15-11-20-9-13-29-14-10-20)27(38)34-22-8-6-7-21(17-22)33-26(37)19(3)16-23(36)5-2;1-3-10-27-21-20(15-29-24(32-21)28-13-9-17-7-11-26-12-8-17)23(34)31-19-6-4-5-18(14-19)30-22(33)16(2)25;;/h5-10,13-14,17-19H,2,4,11-12,15-16H2,1,3H3,(H,33,37)(H,34,38)(H2,30,31,32,35);4-8,11-12,14-16H,3,9-10,13,25H2,1-2H3,(H,30,33)(H,31,34)(H2,27,28,29,32);2*1H4/t19-;16-;;/m10../s1. The van der Waals surface area contributed by atoms with Crippen LogP contribution in [-0.2, 0) is 27.2 Å². The second-order valence-corrected chi connectivity index (χ2v) is 16.4. The summed E-state index contributed by atoms with van der Waals surface area (Å²) in [4.78, 5) is 87.6. The van der Waals surface area contributed by atoms with Crippen LogP contribution >= 0.6 is 0 Å². The monoisotopic (exact) mass is 1010 g/mol. The third-order valence-corrected chi connectivity index (χ3v) is 10.4. The molecule has 4 aromatic heterocycles. The van der Waals surface area contributed by atoms with Gasteiger partial charge >= 0.3 is 0 Å². The first-order valence-electron chi connectivity index (χ1n) is 23.7. The maximum atomic E-state index is 13.1. The second-order valence-electron chi connectivity index (χ2n) is 16.4. The van der Waals surface area contributed by atoms with Gasteiger partial charge < -0.3 is 48.3 Å². The molecule has 74 heavy (non-hydrogen) atoms. The number of carbonyl (C=O) groups excluding carboxylic acids is 5. The summed E-state index contributed by atoms with van der Waals surface area (Å²) in [6.45, 7) is 13.3. The first-order chi connectivity index (χ1) is 34.8. The van der Waals surface area contributed by atoms with Crippen molar-refractivity contribution >= 4 is 75.7 Å². The Hall–Kier alpha value is -8.65. The molecule has 0 unspecified atom stereocenters. The molecule has 0 aliphatic heterocycles.